The highest BCUT2D eigenvalue weighted by atomic mass is 127. The zero-order valence-corrected chi connectivity index (χ0v) is 18.4. The monoisotopic (exact) mass is 686 g/mol. The molecule has 132 valence electrons. The Labute approximate surface area is 181 Å². The van der Waals surface area contributed by atoms with Crippen molar-refractivity contribution in [2.75, 3.05) is 0 Å². The zero-order valence-electron chi connectivity index (χ0n) is 11.9. The second-order valence-electron chi connectivity index (χ2n) is 4.53. The highest BCUT2D eigenvalue weighted by Crippen LogP contribution is 2.26. The standard InChI is InChI=1S/C15H7F2I3O5/c16-15(17,14(22)23)25-9-3-1-8(2-4-9)24-13(21)10-5-7(18)6-11(19)12(10)20/h1-6H,(H,22,23). The molecule has 5 nitrogen and oxygen atoms in total. The minimum atomic E-state index is -4.34. The second kappa shape index (κ2) is 8.28. The molecule has 2 rings (SSSR count). The first-order valence-corrected chi connectivity index (χ1v) is 9.61. The summed E-state index contributed by atoms with van der Waals surface area (Å²) in [6.45, 7) is 0. The van der Waals surface area contributed by atoms with Crippen molar-refractivity contribution in [1.29, 1.82) is 0 Å². The molecule has 0 radical (unpaired) electrons. The minimum Gasteiger partial charge on any atom is -0.474 e. The smallest absolute Gasteiger partial charge is 0.474 e. The number of alkyl halides is 2. The Morgan fingerprint density at radius 2 is 1.56 bits per heavy atom. The second-order valence-corrected chi connectivity index (χ2v) is 8.02. The maximum absolute atomic E-state index is 13.0. The van der Waals surface area contributed by atoms with E-state index in [0.717, 1.165) is 22.8 Å². The topological polar surface area (TPSA) is 72.8 Å². The van der Waals surface area contributed by atoms with E-state index in [1.807, 2.05) is 28.7 Å². The van der Waals surface area contributed by atoms with Gasteiger partial charge in [0.25, 0.3) is 0 Å². The Morgan fingerprint density at radius 1 is 1.00 bits per heavy atom. The molecule has 25 heavy (non-hydrogen) atoms. The quantitative estimate of drug-likeness (QED) is 0.213. The Balaban J connectivity index is 2.14. The average molecular weight is 686 g/mol. The molecule has 2 aromatic carbocycles. The van der Waals surface area contributed by atoms with Gasteiger partial charge in [0.2, 0.25) is 0 Å². The van der Waals surface area contributed by atoms with E-state index in [0.29, 0.717) is 5.56 Å². The van der Waals surface area contributed by atoms with Crippen LogP contribution in [0.1, 0.15) is 10.4 Å². The van der Waals surface area contributed by atoms with Gasteiger partial charge in [-0.15, -0.1) is 0 Å². The lowest BCUT2D eigenvalue weighted by molar-refractivity contribution is -0.210. The molecule has 0 fully saturated rings. The molecule has 10 heteroatoms. The minimum absolute atomic E-state index is 0.112. The number of halogens is 5. The maximum Gasteiger partial charge on any atom is 0.501 e. The number of aliphatic carboxylic acids is 1. The van der Waals surface area contributed by atoms with Crippen LogP contribution in [0.15, 0.2) is 36.4 Å². The van der Waals surface area contributed by atoms with Crippen molar-refractivity contribution in [3.63, 3.8) is 0 Å². The number of hydrogen-bond acceptors (Lipinski definition) is 4. The first-order valence-electron chi connectivity index (χ1n) is 6.37. The van der Waals surface area contributed by atoms with E-state index in [1.165, 1.54) is 12.1 Å². The lowest BCUT2D eigenvalue weighted by Gasteiger charge is -2.13. The highest BCUT2D eigenvalue weighted by Gasteiger charge is 2.42. The van der Waals surface area contributed by atoms with Crippen LogP contribution in [0.3, 0.4) is 0 Å². The predicted molar refractivity (Wildman–Crippen MR) is 109 cm³/mol. The van der Waals surface area contributed by atoms with Gasteiger partial charge in [-0.05, 0) is 104 Å². The van der Waals surface area contributed by atoms with Crippen molar-refractivity contribution < 1.29 is 33.0 Å². The third-order valence-electron chi connectivity index (χ3n) is 2.74. The summed E-state index contributed by atoms with van der Waals surface area (Å²) in [6.07, 6.45) is -4.34. The molecule has 0 amide bonds. The number of ether oxygens (including phenoxy) is 2. The van der Waals surface area contributed by atoms with Crippen molar-refractivity contribution in [3.05, 3.63) is 52.7 Å². The average Bonchev–Trinajstić information content (AvgIpc) is 2.52. The molecule has 0 atom stereocenters. The largest absolute Gasteiger partial charge is 0.501 e. The number of rotatable bonds is 5. The Hall–Kier alpha value is -0.770. The van der Waals surface area contributed by atoms with Crippen LogP contribution < -0.4 is 9.47 Å². The Morgan fingerprint density at radius 3 is 2.12 bits per heavy atom. The predicted octanol–water partition coefficient (Wildman–Crippen LogP) is 4.78. The zero-order chi connectivity index (χ0) is 18.8. The SMILES string of the molecule is O=C(Oc1ccc(OC(F)(F)C(=O)O)cc1)c1cc(I)cc(I)c1I. The highest BCUT2D eigenvalue weighted by molar-refractivity contribution is 14.1. The van der Waals surface area contributed by atoms with E-state index in [2.05, 4.69) is 49.9 Å². The molecule has 0 saturated carbocycles. The molecule has 0 aliphatic heterocycles. The molecular weight excluding hydrogens is 679 g/mol. The summed E-state index contributed by atoms with van der Waals surface area (Å²) in [5.74, 6) is -3.25. The number of carbonyl (C=O) groups excluding carboxylic acids is 1. The molecule has 2 aromatic rings. The van der Waals surface area contributed by atoms with Crippen LogP contribution in [0.5, 0.6) is 11.5 Å². The van der Waals surface area contributed by atoms with E-state index in [-0.39, 0.29) is 11.5 Å². The lowest BCUT2D eigenvalue weighted by atomic mass is 10.2. The molecule has 1 N–H and O–H groups in total. The van der Waals surface area contributed by atoms with E-state index in [1.54, 1.807) is 6.07 Å². The normalized spacial score (nSPS) is 11.1. The van der Waals surface area contributed by atoms with E-state index < -0.39 is 18.0 Å². The Bertz CT molecular complexity index is 825. The number of carboxylic acids is 1. The molecule has 0 aliphatic carbocycles. The van der Waals surface area contributed by atoms with Gasteiger partial charge in [0.15, 0.2) is 0 Å². The fraction of sp³-hybridized carbons (Fsp3) is 0.0667. The third-order valence-corrected chi connectivity index (χ3v) is 6.41. The molecule has 0 bridgehead atoms. The van der Waals surface area contributed by atoms with Gasteiger partial charge in [-0.2, -0.15) is 8.78 Å². The number of carboxylic acid groups (broad SMARTS) is 1. The molecule has 0 saturated heterocycles. The summed E-state index contributed by atoms with van der Waals surface area (Å²) >= 11 is 6.22. The van der Waals surface area contributed by atoms with Gasteiger partial charge < -0.3 is 14.6 Å². The van der Waals surface area contributed by atoms with Crippen LogP contribution in [0, 0.1) is 10.7 Å². The van der Waals surface area contributed by atoms with Crippen molar-refractivity contribution in [3.8, 4) is 11.5 Å². The summed E-state index contributed by atoms with van der Waals surface area (Å²) < 4.78 is 37.8. The van der Waals surface area contributed by atoms with Gasteiger partial charge in [0.05, 0.1) is 5.56 Å². The lowest BCUT2D eigenvalue weighted by Crippen LogP contribution is -2.34. The summed E-state index contributed by atoms with van der Waals surface area (Å²) in [7, 11) is 0. The van der Waals surface area contributed by atoms with Gasteiger partial charge in [-0.25, -0.2) is 9.59 Å². The van der Waals surface area contributed by atoms with Crippen LogP contribution >= 0.6 is 67.8 Å². The van der Waals surface area contributed by atoms with E-state index >= 15 is 0 Å². The Kier molecular flexibility index (Phi) is 6.80. The van der Waals surface area contributed by atoms with E-state index in [9.17, 15) is 18.4 Å². The first kappa shape index (κ1) is 20.5. The van der Waals surface area contributed by atoms with Crippen LogP contribution in [0.4, 0.5) is 8.78 Å². The van der Waals surface area contributed by atoms with E-state index in [4.69, 9.17) is 9.84 Å². The summed E-state index contributed by atoms with van der Waals surface area (Å²) in [4.78, 5) is 22.6. The van der Waals surface area contributed by atoms with Gasteiger partial charge in [0.1, 0.15) is 11.5 Å². The van der Waals surface area contributed by atoms with Gasteiger partial charge >= 0.3 is 18.0 Å². The fourth-order valence-corrected chi connectivity index (χ4v) is 4.01. The summed E-state index contributed by atoms with van der Waals surface area (Å²) in [6, 6.07) is 8.23. The number of hydrogen-bond donors (Lipinski definition) is 1. The number of esters is 1. The van der Waals surface area contributed by atoms with Crippen molar-refractivity contribution in [2.45, 2.75) is 6.11 Å². The summed E-state index contributed by atoms with van der Waals surface area (Å²) in [5, 5.41) is 8.33. The van der Waals surface area contributed by atoms with Crippen molar-refractivity contribution in [2.24, 2.45) is 0 Å². The first-order chi connectivity index (χ1) is 11.6. The van der Waals surface area contributed by atoms with Gasteiger partial charge in [-0.1, -0.05) is 0 Å². The van der Waals surface area contributed by atoms with Crippen LogP contribution in [0.2, 0.25) is 0 Å². The molecule has 0 heterocycles. The molecule has 0 aromatic heterocycles. The van der Waals surface area contributed by atoms with Crippen molar-refractivity contribution in [1.82, 2.24) is 0 Å². The summed E-state index contributed by atoms with van der Waals surface area (Å²) in [5.41, 5.74) is 0.384. The number of carbonyl (C=O) groups is 2. The third kappa shape index (κ3) is 5.35. The van der Waals surface area contributed by atoms with Crippen LogP contribution in [-0.4, -0.2) is 23.2 Å². The van der Waals surface area contributed by atoms with Gasteiger partial charge in [0, 0.05) is 10.7 Å². The molecule has 0 aliphatic rings. The molecule has 0 unspecified atom stereocenters. The van der Waals surface area contributed by atoms with Gasteiger partial charge in [-0.3, -0.25) is 0 Å². The molecular formula is C15H7F2I3O5. The van der Waals surface area contributed by atoms with Crippen molar-refractivity contribution >= 4 is 79.7 Å². The fourth-order valence-electron chi connectivity index (χ4n) is 1.63. The van der Waals surface area contributed by atoms with Crippen LogP contribution in [-0.2, 0) is 4.79 Å². The van der Waals surface area contributed by atoms with Crippen LogP contribution in [0.25, 0.3) is 0 Å². The molecule has 0 spiro atoms. The number of benzene rings is 2. The maximum atomic E-state index is 13.0.